The van der Waals surface area contributed by atoms with E-state index in [4.69, 9.17) is 0 Å². The van der Waals surface area contributed by atoms with Crippen LogP contribution in [0.25, 0.3) is 44.2 Å². The highest BCUT2D eigenvalue weighted by atomic mass is 15.2. The van der Waals surface area contributed by atoms with E-state index in [1.807, 2.05) is 0 Å². The Morgan fingerprint density at radius 2 is 1.16 bits per heavy atom. The first-order valence-electron chi connectivity index (χ1n) is 26.9. The van der Waals surface area contributed by atoms with Gasteiger partial charge >= 0.3 is 6.85 Å². The molecule has 0 aromatic heterocycles. The highest BCUT2D eigenvalue weighted by molar-refractivity contribution is 6.93. The highest BCUT2D eigenvalue weighted by Crippen LogP contribution is 2.65. The lowest BCUT2D eigenvalue weighted by Gasteiger charge is -2.55. The van der Waals surface area contributed by atoms with Gasteiger partial charge in [-0.05, 0) is 167 Å². The first kappa shape index (κ1) is 44.4. The number of nitrogens with zero attached hydrogens (tertiary/aromatic N) is 2. The Bertz CT molecular complexity index is 3430. The van der Waals surface area contributed by atoms with Gasteiger partial charge in [0.15, 0.2) is 0 Å². The maximum atomic E-state index is 3.05. The van der Waals surface area contributed by atoms with E-state index in [0.717, 1.165) is 0 Å². The smallest absolute Gasteiger partial charge is 0.328 e. The molecule has 70 heavy (non-hydrogen) atoms. The Hall–Kier alpha value is -5.54. The summed E-state index contributed by atoms with van der Waals surface area (Å²) >= 11 is 0. The third-order valence-corrected chi connectivity index (χ3v) is 19.7. The molecule has 7 aromatic rings. The third-order valence-electron chi connectivity index (χ3n) is 19.7. The van der Waals surface area contributed by atoms with E-state index < -0.39 is 0 Å². The predicted octanol–water partition coefficient (Wildman–Crippen LogP) is 16.7. The summed E-state index contributed by atoms with van der Waals surface area (Å²) in [7, 11) is 0. The zero-order valence-electron chi connectivity index (χ0n) is 44.7. The van der Waals surface area contributed by atoms with Crippen LogP contribution in [0.1, 0.15) is 174 Å². The largest absolute Gasteiger partial charge is 0.400 e. The fourth-order valence-electron chi connectivity index (χ4n) is 15.3. The summed E-state index contributed by atoms with van der Waals surface area (Å²) in [5.74, 6) is 0. The minimum absolute atomic E-state index is 0.0000784. The Labute approximate surface area is 420 Å². The highest BCUT2D eigenvalue weighted by Gasteiger charge is 2.64. The zero-order valence-corrected chi connectivity index (χ0v) is 44.7. The molecule has 1 fully saturated rings. The molecule has 0 amide bonds. The summed E-state index contributed by atoms with van der Waals surface area (Å²) in [6.45, 7) is 34.8. The van der Waals surface area contributed by atoms with Crippen molar-refractivity contribution in [2.45, 2.75) is 173 Å². The number of fused-ring (bicyclic) bond motifs is 14. The second-order valence-electron chi connectivity index (χ2n) is 27.1. The molecule has 3 aliphatic heterocycles. The molecular formula is C67H73BN2. The monoisotopic (exact) mass is 917 g/mol. The van der Waals surface area contributed by atoms with E-state index in [-0.39, 0.29) is 44.9 Å². The number of rotatable bonds is 2. The summed E-state index contributed by atoms with van der Waals surface area (Å²) in [6, 6.07) is 46.6. The topological polar surface area (TPSA) is 6.48 Å². The summed E-state index contributed by atoms with van der Waals surface area (Å²) in [5, 5.41) is 2.67. The lowest BCUT2D eigenvalue weighted by Crippen LogP contribution is -2.71. The molecule has 2 atom stereocenters. The Morgan fingerprint density at radius 3 is 1.87 bits per heavy atom. The van der Waals surface area contributed by atoms with Gasteiger partial charge in [0.1, 0.15) is 0 Å². The van der Waals surface area contributed by atoms with Crippen LogP contribution in [0.4, 0.5) is 22.7 Å². The molecule has 7 aromatic carbocycles. The molecule has 3 aliphatic carbocycles. The summed E-state index contributed by atoms with van der Waals surface area (Å²) in [5.41, 5.74) is 26.9. The molecule has 2 unspecified atom stereocenters. The predicted molar refractivity (Wildman–Crippen MR) is 301 cm³/mol. The van der Waals surface area contributed by atoms with Gasteiger partial charge in [0, 0.05) is 44.6 Å². The van der Waals surface area contributed by atoms with Gasteiger partial charge in [0.2, 0.25) is 0 Å². The second-order valence-corrected chi connectivity index (χ2v) is 27.1. The van der Waals surface area contributed by atoms with E-state index in [9.17, 15) is 0 Å². The van der Waals surface area contributed by atoms with Crippen molar-refractivity contribution in [3.05, 3.63) is 154 Å². The number of hydrogen-bond donors (Lipinski definition) is 0. The molecule has 0 radical (unpaired) electrons. The zero-order chi connectivity index (χ0) is 49.0. The van der Waals surface area contributed by atoms with E-state index in [1.165, 1.54) is 139 Å². The van der Waals surface area contributed by atoms with Crippen molar-refractivity contribution in [3.8, 4) is 33.4 Å². The van der Waals surface area contributed by atoms with Crippen LogP contribution in [0.15, 0.2) is 115 Å². The average molecular weight is 917 g/mol. The van der Waals surface area contributed by atoms with Crippen LogP contribution in [-0.4, -0.2) is 12.4 Å². The van der Waals surface area contributed by atoms with Crippen molar-refractivity contribution >= 4 is 51.3 Å². The fourth-order valence-corrected chi connectivity index (χ4v) is 15.3. The van der Waals surface area contributed by atoms with Crippen LogP contribution in [-0.2, 0) is 32.5 Å². The van der Waals surface area contributed by atoms with E-state index in [2.05, 4.69) is 222 Å². The average Bonchev–Trinajstić information content (AvgIpc) is 3.67. The van der Waals surface area contributed by atoms with Crippen LogP contribution >= 0.6 is 0 Å². The molecular weight excluding hydrogens is 844 g/mol. The van der Waals surface area contributed by atoms with Gasteiger partial charge in [-0.15, -0.1) is 0 Å². The molecule has 0 saturated heterocycles. The van der Waals surface area contributed by atoms with E-state index in [0.29, 0.717) is 0 Å². The first-order valence-corrected chi connectivity index (χ1v) is 26.9. The lowest BCUT2D eigenvalue weighted by molar-refractivity contribution is 0.199. The van der Waals surface area contributed by atoms with Gasteiger partial charge in [-0.25, -0.2) is 0 Å². The first-order chi connectivity index (χ1) is 33.0. The normalized spacial score (nSPS) is 22.7. The maximum absolute atomic E-state index is 3.05. The van der Waals surface area contributed by atoms with Gasteiger partial charge in [0.25, 0.3) is 0 Å². The van der Waals surface area contributed by atoms with Crippen LogP contribution < -0.4 is 20.6 Å². The van der Waals surface area contributed by atoms with Gasteiger partial charge < -0.3 is 9.71 Å². The minimum atomic E-state index is -0.274. The molecule has 13 rings (SSSR count). The van der Waals surface area contributed by atoms with Crippen LogP contribution in [0.2, 0.25) is 0 Å². The Morgan fingerprint density at radius 1 is 0.500 bits per heavy atom. The quantitative estimate of drug-likeness (QED) is 0.159. The molecule has 6 aliphatic rings. The van der Waals surface area contributed by atoms with E-state index >= 15 is 0 Å². The summed E-state index contributed by atoms with van der Waals surface area (Å²) in [4.78, 5) is 5.86. The molecule has 1 saturated carbocycles. The molecule has 3 heteroatoms. The second kappa shape index (κ2) is 13.9. The van der Waals surface area contributed by atoms with Gasteiger partial charge in [-0.1, -0.05) is 188 Å². The van der Waals surface area contributed by atoms with Gasteiger partial charge in [-0.2, -0.15) is 0 Å². The SMILES string of the molecule is CC(C)(C)c1ccc(N2c3cc4ccccc4c4c3B(c3ccc5c(c32)C(C)(C)c2cc3c(cc2-5)C(C)(C)CCC3(C)C)N2c3c-4cc(C(C)(C)C)cc3C3(C)CCCCC23C)c(-c2ccccc2)c1. The standard InChI is InChI=1S/C67H73BN2/c1-61(2,3)42-26-29-54(46(35-42)40-22-16-15-17-23-40)69-55-34-41-24-18-19-25-44(41)56-48-36-43(62(4,5)6)37-52-59(48)70(67(14)31-21-20-30-66(52,67)13)68(58(55)56)53-28-27-45-47-38-50-51(64(9,10)33-32-63(50,7)8)39-49(47)65(11,12)57(45)60(53)69/h15-19,22-29,34-39H,20-21,30-33H2,1-14H3. The molecule has 3 heterocycles. The van der Waals surface area contributed by atoms with Crippen LogP contribution in [0.3, 0.4) is 0 Å². The van der Waals surface area contributed by atoms with Crippen molar-refractivity contribution in [2.24, 2.45) is 0 Å². The molecule has 0 bridgehead atoms. The molecule has 2 nitrogen and oxygen atoms in total. The minimum Gasteiger partial charge on any atom is -0.400 e. The van der Waals surface area contributed by atoms with Crippen molar-refractivity contribution in [1.82, 2.24) is 0 Å². The van der Waals surface area contributed by atoms with Crippen molar-refractivity contribution < 1.29 is 0 Å². The van der Waals surface area contributed by atoms with Gasteiger partial charge in [0.05, 0.1) is 5.69 Å². The van der Waals surface area contributed by atoms with Crippen LogP contribution in [0, 0.1) is 0 Å². The maximum Gasteiger partial charge on any atom is 0.328 e. The number of anilines is 4. The molecule has 0 N–H and O–H groups in total. The fraction of sp³-hybridized carbons (Fsp3) is 0.403. The number of hydrogen-bond acceptors (Lipinski definition) is 2. The Balaban J connectivity index is 1.21. The lowest BCUT2D eigenvalue weighted by atomic mass is 9.41. The summed E-state index contributed by atoms with van der Waals surface area (Å²) in [6.07, 6.45) is 7.33. The Kier molecular flexibility index (Phi) is 8.82. The van der Waals surface area contributed by atoms with Crippen molar-refractivity contribution in [3.63, 3.8) is 0 Å². The molecule has 354 valence electrons. The van der Waals surface area contributed by atoms with E-state index in [1.54, 1.807) is 16.7 Å². The number of benzene rings is 7. The van der Waals surface area contributed by atoms with Crippen LogP contribution in [0.5, 0.6) is 0 Å². The van der Waals surface area contributed by atoms with Crippen molar-refractivity contribution in [1.29, 1.82) is 0 Å². The van der Waals surface area contributed by atoms with Gasteiger partial charge in [-0.3, -0.25) is 0 Å². The molecule has 0 spiro atoms. The summed E-state index contributed by atoms with van der Waals surface area (Å²) < 4.78 is 0. The third kappa shape index (κ3) is 5.64. The van der Waals surface area contributed by atoms with Crippen molar-refractivity contribution in [2.75, 3.05) is 9.71 Å².